The zero-order valence-electron chi connectivity index (χ0n) is 17.6. The van der Waals surface area contributed by atoms with Crippen molar-refractivity contribution < 1.29 is 23.9 Å². The summed E-state index contributed by atoms with van der Waals surface area (Å²) in [5.74, 6) is -0.911. The molecule has 164 valence electrons. The van der Waals surface area contributed by atoms with E-state index in [-0.39, 0.29) is 13.0 Å². The molecule has 0 radical (unpaired) electrons. The van der Waals surface area contributed by atoms with E-state index in [1.807, 2.05) is 67.6 Å². The van der Waals surface area contributed by atoms with Gasteiger partial charge in [-0.2, -0.15) is 0 Å². The third kappa shape index (κ3) is 7.28. The predicted molar refractivity (Wildman–Crippen MR) is 120 cm³/mol. The molecule has 0 aliphatic carbocycles. The van der Waals surface area contributed by atoms with Gasteiger partial charge in [0.1, 0.15) is 12.6 Å². The van der Waals surface area contributed by atoms with Crippen molar-refractivity contribution >= 4 is 23.8 Å². The third-order valence-corrected chi connectivity index (χ3v) is 4.57. The SMILES string of the molecule is Cc1ccc(NC(=O)N[C@@H](Cc2ccccc2)C(=O)OC(=O)OCc2ccccc2)cc1. The number of carbonyl (C=O) groups excluding carboxylic acids is 3. The minimum atomic E-state index is -1.13. The molecule has 3 rings (SSSR count). The number of amides is 2. The second kappa shape index (κ2) is 11.3. The molecule has 7 heteroatoms. The standard InChI is InChI=1S/C25H24N2O5/c1-18-12-14-21(15-13-18)26-24(29)27-22(16-19-8-4-2-5-9-19)23(28)32-25(30)31-17-20-10-6-3-7-11-20/h2-15,22H,16-17H2,1H3,(H2,26,27,29)/t22-/m0/s1. The Morgan fingerprint density at radius 3 is 2.03 bits per heavy atom. The maximum absolute atomic E-state index is 12.6. The first-order valence-electron chi connectivity index (χ1n) is 10.1. The van der Waals surface area contributed by atoms with Crippen LogP contribution in [-0.2, 0) is 27.3 Å². The van der Waals surface area contributed by atoms with Crippen LogP contribution in [0, 0.1) is 6.92 Å². The van der Waals surface area contributed by atoms with Gasteiger partial charge < -0.3 is 20.1 Å². The number of ether oxygens (including phenoxy) is 2. The molecule has 0 saturated carbocycles. The summed E-state index contributed by atoms with van der Waals surface area (Å²) in [5, 5.41) is 5.24. The summed E-state index contributed by atoms with van der Waals surface area (Å²) in [6.07, 6.45) is -0.981. The van der Waals surface area contributed by atoms with Crippen LogP contribution in [0.4, 0.5) is 15.3 Å². The number of aryl methyl sites for hydroxylation is 1. The normalized spacial score (nSPS) is 11.2. The number of hydrogen-bond acceptors (Lipinski definition) is 5. The summed E-state index contributed by atoms with van der Waals surface area (Å²) in [7, 11) is 0. The summed E-state index contributed by atoms with van der Waals surface area (Å²) < 4.78 is 9.83. The number of esters is 1. The molecule has 0 unspecified atom stereocenters. The van der Waals surface area contributed by atoms with Crippen molar-refractivity contribution in [2.45, 2.75) is 26.0 Å². The quantitative estimate of drug-likeness (QED) is 0.420. The van der Waals surface area contributed by atoms with Gasteiger partial charge in [0, 0.05) is 12.1 Å². The van der Waals surface area contributed by atoms with E-state index >= 15 is 0 Å². The van der Waals surface area contributed by atoms with Gasteiger partial charge in [-0.25, -0.2) is 14.4 Å². The third-order valence-electron chi connectivity index (χ3n) is 4.57. The average molecular weight is 432 g/mol. The van der Waals surface area contributed by atoms with Crippen LogP contribution in [0.1, 0.15) is 16.7 Å². The molecule has 2 N–H and O–H groups in total. The molecule has 0 aliphatic heterocycles. The van der Waals surface area contributed by atoms with Crippen molar-refractivity contribution in [1.82, 2.24) is 5.32 Å². The highest BCUT2D eigenvalue weighted by Gasteiger charge is 2.26. The van der Waals surface area contributed by atoms with Crippen LogP contribution in [0.3, 0.4) is 0 Å². The van der Waals surface area contributed by atoms with E-state index in [0.717, 1.165) is 16.7 Å². The Hall–Kier alpha value is -4.13. The van der Waals surface area contributed by atoms with Crippen LogP contribution in [0.25, 0.3) is 0 Å². The fourth-order valence-electron chi connectivity index (χ4n) is 2.90. The Labute approximate surface area is 186 Å². The van der Waals surface area contributed by atoms with Crippen LogP contribution in [-0.4, -0.2) is 24.2 Å². The second-order valence-corrected chi connectivity index (χ2v) is 7.15. The Kier molecular flexibility index (Phi) is 7.97. The summed E-state index contributed by atoms with van der Waals surface area (Å²) in [6, 6.07) is 23.7. The first-order valence-corrected chi connectivity index (χ1v) is 10.1. The smallest absolute Gasteiger partial charge is 0.429 e. The van der Waals surface area contributed by atoms with E-state index < -0.39 is 24.2 Å². The van der Waals surface area contributed by atoms with Crippen molar-refractivity contribution in [2.75, 3.05) is 5.32 Å². The molecule has 7 nitrogen and oxygen atoms in total. The van der Waals surface area contributed by atoms with Crippen LogP contribution < -0.4 is 10.6 Å². The van der Waals surface area contributed by atoms with Gasteiger partial charge in [0.05, 0.1) is 0 Å². The minimum absolute atomic E-state index is 0.0301. The number of carbonyl (C=O) groups is 3. The number of hydrogen-bond donors (Lipinski definition) is 2. The maximum atomic E-state index is 12.6. The maximum Gasteiger partial charge on any atom is 0.516 e. The minimum Gasteiger partial charge on any atom is -0.429 e. The van der Waals surface area contributed by atoms with E-state index in [1.165, 1.54) is 0 Å². The van der Waals surface area contributed by atoms with E-state index in [4.69, 9.17) is 9.47 Å². The van der Waals surface area contributed by atoms with Crippen molar-refractivity contribution in [2.24, 2.45) is 0 Å². The van der Waals surface area contributed by atoms with E-state index in [0.29, 0.717) is 5.69 Å². The first kappa shape index (κ1) is 22.6. The highest BCUT2D eigenvalue weighted by molar-refractivity contribution is 5.94. The summed E-state index contributed by atoms with van der Waals surface area (Å²) in [6.45, 7) is 1.91. The average Bonchev–Trinajstić information content (AvgIpc) is 2.80. The van der Waals surface area contributed by atoms with Gasteiger partial charge in [-0.15, -0.1) is 0 Å². The molecule has 0 saturated heterocycles. The summed E-state index contributed by atoms with van der Waals surface area (Å²) in [5.41, 5.74) is 3.17. The zero-order chi connectivity index (χ0) is 22.8. The highest BCUT2D eigenvalue weighted by Crippen LogP contribution is 2.10. The summed E-state index contributed by atoms with van der Waals surface area (Å²) >= 11 is 0. The summed E-state index contributed by atoms with van der Waals surface area (Å²) in [4.78, 5) is 37.1. The number of anilines is 1. The molecule has 0 fully saturated rings. The second-order valence-electron chi connectivity index (χ2n) is 7.15. The van der Waals surface area contributed by atoms with Gasteiger partial charge in [-0.3, -0.25) is 0 Å². The molecule has 2 amide bonds. The molecular weight excluding hydrogens is 408 g/mol. The Balaban J connectivity index is 1.61. The highest BCUT2D eigenvalue weighted by atomic mass is 16.7. The topological polar surface area (TPSA) is 93.7 Å². The first-order chi connectivity index (χ1) is 15.5. The number of rotatable bonds is 7. The van der Waals surface area contributed by atoms with Gasteiger partial charge in [-0.05, 0) is 30.2 Å². The fourth-order valence-corrected chi connectivity index (χ4v) is 2.90. The molecule has 3 aromatic carbocycles. The van der Waals surface area contributed by atoms with Crippen LogP contribution in [0.15, 0.2) is 84.9 Å². The van der Waals surface area contributed by atoms with Gasteiger partial charge in [0.25, 0.3) is 0 Å². The van der Waals surface area contributed by atoms with Crippen molar-refractivity contribution in [3.05, 3.63) is 102 Å². The largest absolute Gasteiger partial charge is 0.516 e. The van der Waals surface area contributed by atoms with Gasteiger partial charge in [0.15, 0.2) is 0 Å². The lowest BCUT2D eigenvalue weighted by Crippen LogP contribution is -2.45. The Morgan fingerprint density at radius 2 is 1.41 bits per heavy atom. The molecule has 0 bridgehead atoms. The molecule has 1 atom stereocenters. The van der Waals surface area contributed by atoms with Crippen molar-refractivity contribution in [3.8, 4) is 0 Å². The van der Waals surface area contributed by atoms with E-state index in [2.05, 4.69) is 10.6 Å². The fraction of sp³-hybridized carbons (Fsp3) is 0.160. The number of urea groups is 1. The van der Waals surface area contributed by atoms with Crippen LogP contribution in [0.2, 0.25) is 0 Å². The van der Waals surface area contributed by atoms with Crippen molar-refractivity contribution in [3.63, 3.8) is 0 Å². The van der Waals surface area contributed by atoms with Crippen LogP contribution >= 0.6 is 0 Å². The number of nitrogens with one attached hydrogen (secondary N) is 2. The van der Waals surface area contributed by atoms with Gasteiger partial charge in [0.2, 0.25) is 0 Å². The van der Waals surface area contributed by atoms with Gasteiger partial charge >= 0.3 is 18.2 Å². The van der Waals surface area contributed by atoms with E-state index in [1.54, 1.807) is 24.3 Å². The molecule has 3 aromatic rings. The lowest BCUT2D eigenvalue weighted by molar-refractivity contribution is -0.142. The zero-order valence-corrected chi connectivity index (χ0v) is 17.6. The number of benzene rings is 3. The molecule has 32 heavy (non-hydrogen) atoms. The lowest BCUT2D eigenvalue weighted by Gasteiger charge is -2.17. The Bertz CT molecular complexity index is 1040. The van der Waals surface area contributed by atoms with Crippen molar-refractivity contribution in [1.29, 1.82) is 0 Å². The lowest BCUT2D eigenvalue weighted by atomic mass is 10.1. The molecule has 0 heterocycles. The Morgan fingerprint density at radius 1 is 0.812 bits per heavy atom. The van der Waals surface area contributed by atoms with Crippen LogP contribution in [0.5, 0.6) is 0 Å². The van der Waals surface area contributed by atoms with E-state index in [9.17, 15) is 14.4 Å². The molecule has 0 spiro atoms. The molecule has 0 aliphatic rings. The van der Waals surface area contributed by atoms with Gasteiger partial charge in [-0.1, -0.05) is 78.4 Å². The predicted octanol–water partition coefficient (Wildman–Crippen LogP) is 4.61. The monoisotopic (exact) mass is 432 g/mol. The molecular formula is C25H24N2O5. The molecule has 0 aromatic heterocycles.